The number of fused-ring (bicyclic) bond motifs is 1. The Morgan fingerprint density at radius 1 is 1.27 bits per heavy atom. The van der Waals surface area contributed by atoms with E-state index in [0.29, 0.717) is 12.6 Å². The summed E-state index contributed by atoms with van der Waals surface area (Å²) >= 11 is 0. The van der Waals surface area contributed by atoms with Crippen molar-refractivity contribution in [2.45, 2.75) is 33.4 Å². The Bertz CT molecular complexity index is 480. The lowest BCUT2D eigenvalue weighted by atomic mass is 10.2. The second kappa shape index (κ2) is 3.70. The molecule has 0 spiro atoms. The zero-order chi connectivity index (χ0) is 11.0. The molecule has 0 amide bonds. The van der Waals surface area contributed by atoms with Gasteiger partial charge in [-0.15, -0.1) is 0 Å². The molecular weight excluding hydrogens is 184 g/mol. The van der Waals surface area contributed by atoms with Gasteiger partial charge in [-0.25, -0.2) is 0 Å². The quantitative estimate of drug-likeness (QED) is 0.797. The fourth-order valence-corrected chi connectivity index (χ4v) is 2.18. The van der Waals surface area contributed by atoms with Crippen molar-refractivity contribution in [1.82, 2.24) is 4.57 Å². The molecule has 15 heavy (non-hydrogen) atoms. The molecule has 2 N–H and O–H groups in total. The topological polar surface area (TPSA) is 30.9 Å². The number of benzene rings is 1. The fraction of sp³-hybridized carbons (Fsp3) is 0.385. The van der Waals surface area contributed by atoms with Crippen LogP contribution in [0.2, 0.25) is 0 Å². The highest BCUT2D eigenvalue weighted by atomic mass is 15.0. The largest absolute Gasteiger partial charge is 0.341 e. The maximum absolute atomic E-state index is 5.77. The zero-order valence-electron chi connectivity index (χ0n) is 9.62. The van der Waals surface area contributed by atoms with Crippen molar-refractivity contribution in [1.29, 1.82) is 0 Å². The molecule has 2 rings (SSSR count). The van der Waals surface area contributed by atoms with Gasteiger partial charge in [0.15, 0.2) is 0 Å². The van der Waals surface area contributed by atoms with Crippen LogP contribution in [0.3, 0.4) is 0 Å². The third kappa shape index (κ3) is 1.65. The maximum Gasteiger partial charge on any atom is 0.0485 e. The first-order valence-electron chi connectivity index (χ1n) is 5.44. The summed E-state index contributed by atoms with van der Waals surface area (Å²) in [4.78, 5) is 0. The van der Waals surface area contributed by atoms with Gasteiger partial charge < -0.3 is 10.3 Å². The molecule has 1 aromatic carbocycles. The van der Waals surface area contributed by atoms with Crippen LogP contribution in [-0.2, 0) is 6.54 Å². The van der Waals surface area contributed by atoms with Gasteiger partial charge in [0.2, 0.25) is 0 Å². The van der Waals surface area contributed by atoms with Crippen LogP contribution in [-0.4, -0.2) is 4.57 Å². The van der Waals surface area contributed by atoms with E-state index in [1.54, 1.807) is 0 Å². The molecule has 0 fully saturated rings. The summed E-state index contributed by atoms with van der Waals surface area (Å²) in [5.41, 5.74) is 9.57. The average molecular weight is 202 g/mol. The van der Waals surface area contributed by atoms with Crippen LogP contribution in [0.5, 0.6) is 0 Å². The Kier molecular flexibility index (Phi) is 2.53. The molecular formula is C13H18N2. The van der Waals surface area contributed by atoms with Crippen molar-refractivity contribution in [3.05, 3.63) is 35.5 Å². The molecule has 2 aromatic rings. The Labute approximate surface area is 90.7 Å². The number of hydrogen-bond acceptors (Lipinski definition) is 1. The minimum Gasteiger partial charge on any atom is -0.341 e. The third-order valence-corrected chi connectivity index (χ3v) is 2.80. The molecule has 80 valence electrons. The van der Waals surface area contributed by atoms with E-state index >= 15 is 0 Å². The van der Waals surface area contributed by atoms with E-state index in [1.807, 2.05) is 0 Å². The molecule has 0 radical (unpaired) electrons. The lowest BCUT2D eigenvalue weighted by molar-refractivity contribution is 0.595. The third-order valence-electron chi connectivity index (χ3n) is 2.80. The van der Waals surface area contributed by atoms with Gasteiger partial charge in [0.05, 0.1) is 0 Å². The highest BCUT2D eigenvalue weighted by molar-refractivity contribution is 5.82. The Morgan fingerprint density at radius 3 is 2.60 bits per heavy atom. The van der Waals surface area contributed by atoms with Gasteiger partial charge >= 0.3 is 0 Å². The molecule has 0 unspecified atom stereocenters. The zero-order valence-corrected chi connectivity index (χ0v) is 9.62. The minimum atomic E-state index is 0.462. The molecule has 0 atom stereocenters. The summed E-state index contributed by atoms with van der Waals surface area (Å²) in [6.07, 6.45) is 0. The average Bonchev–Trinajstić information content (AvgIpc) is 2.54. The molecule has 2 nitrogen and oxygen atoms in total. The molecule has 0 aliphatic carbocycles. The number of nitrogens with zero attached hydrogens (tertiary/aromatic N) is 1. The highest BCUT2D eigenvalue weighted by Gasteiger charge is 2.09. The molecule has 0 aliphatic heterocycles. The second-order valence-corrected chi connectivity index (χ2v) is 4.37. The fourth-order valence-electron chi connectivity index (χ4n) is 2.18. The highest BCUT2D eigenvalue weighted by Crippen LogP contribution is 2.24. The van der Waals surface area contributed by atoms with Crippen molar-refractivity contribution >= 4 is 10.9 Å². The van der Waals surface area contributed by atoms with E-state index < -0.39 is 0 Å². The number of rotatable bonds is 2. The van der Waals surface area contributed by atoms with E-state index in [-0.39, 0.29) is 0 Å². The first-order chi connectivity index (χ1) is 7.13. The predicted octanol–water partition coefficient (Wildman–Crippen LogP) is 2.99. The lowest BCUT2D eigenvalue weighted by Crippen LogP contribution is -2.08. The molecule has 2 heteroatoms. The number of hydrogen-bond donors (Lipinski definition) is 1. The summed E-state index contributed by atoms with van der Waals surface area (Å²) in [6, 6.07) is 9.21. The Hall–Kier alpha value is -1.28. The van der Waals surface area contributed by atoms with Gasteiger partial charge in [-0.05, 0) is 39.0 Å². The maximum atomic E-state index is 5.77. The Balaban J connectivity index is 2.74. The van der Waals surface area contributed by atoms with Gasteiger partial charge in [0, 0.05) is 29.2 Å². The van der Waals surface area contributed by atoms with Crippen LogP contribution < -0.4 is 5.73 Å². The summed E-state index contributed by atoms with van der Waals surface area (Å²) in [5.74, 6) is 0. The minimum absolute atomic E-state index is 0.462. The van der Waals surface area contributed by atoms with E-state index in [0.717, 1.165) is 0 Å². The summed E-state index contributed by atoms with van der Waals surface area (Å²) < 4.78 is 2.31. The van der Waals surface area contributed by atoms with E-state index in [2.05, 4.69) is 49.6 Å². The summed E-state index contributed by atoms with van der Waals surface area (Å²) in [7, 11) is 0. The van der Waals surface area contributed by atoms with Crippen LogP contribution in [0.25, 0.3) is 10.9 Å². The summed E-state index contributed by atoms with van der Waals surface area (Å²) in [6.45, 7) is 7.11. The molecule has 0 aliphatic rings. The van der Waals surface area contributed by atoms with Gasteiger partial charge in [0.25, 0.3) is 0 Å². The van der Waals surface area contributed by atoms with Gasteiger partial charge in [-0.3, -0.25) is 0 Å². The predicted molar refractivity (Wildman–Crippen MR) is 65.0 cm³/mol. The van der Waals surface area contributed by atoms with Gasteiger partial charge in [-0.2, -0.15) is 0 Å². The lowest BCUT2D eigenvalue weighted by Gasteiger charge is -2.13. The van der Waals surface area contributed by atoms with Crippen molar-refractivity contribution in [2.24, 2.45) is 5.73 Å². The van der Waals surface area contributed by atoms with Crippen molar-refractivity contribution in [2.75, 3.05) is 0 Å². The SMILES string of the molecule is Cc1ccc2c(c1)cc(CN)n2C(C)C. The van der Waals surface area contributed by atoms with Crippen LogP contribution in [0.1, 0.15) is 31.1 Å². The number of aromatic nitrogens is 1. The van der Waals surface area contributed by atoms with Crippen LogP contribution in [0, 0.1) is 6.92 Å². The van der Waals surface area contributed by atoms with E-state index in [1.165, 1.54) is 22.2 Å². The number of nitrogens with two attached hydrogens (primary N) is 1. The first kappa shape index (κ1) is 10.2. The van der Waals surface area contributed by atoms with E-state index in [4.69, 9.17) is 5.73 Å². The molecule has 0 saturated carbocycles. The molecule has 0 bridgehead atoms. The van der Waals surface area contributed by atoms with Crippen molar-refractivity contribution in [3.8, 4) is 0 Å². The van der Waals surface area contributed by atoms with Crippen molar-refractivity contribution < 1.29 is 0 Å². The van der Waals surface area contributed by atoms with E-state index in [9.17, 15) is 0 Å². The Morgan fingerprint density at radius 2 is 2.00 bits per heavy atom. The first-order valence-corrected chi connectivity index (χ1v) is 5.44. The smallest absolute Gasteiger partial charge is 0.0485 e. The molecule has 1 heterocycles. The summed E-state index contributed by atoms with van der Waals surface area (Å²) in [5, 5.41) is 1.30. The monoisotopic (exact) mass is 202 g/mol. The number of aryl methyl sites for hydroxylation is 1. The van der Waals surface area contributed by atoms with Crippen molar-refractivity contribution in [3.63, 3.8) is 0 Å². The second-order valence-electron chi connectivity index (χ2n) is 4.37. The standard InChI is InChI=1S/C13H18N2/c1-9(2)15-12(8-14)7-11-6-10(3)4-5-13(11)15/h4-7,9H,8,14H2,1-3H3. The van der Waals surface area contributed by atoms with Gasteiger partial charge in [0.1, 0.15) is 0 Å². The normalized spacial score (nSPS) is 11.5. The van der Waals surface area contributed by atoms with Crippen LogP contribution in [0.15, 0.2) is 24.3 Å². The molecule has 0 saturated heterocycles. The molecule has 1 aromatic heterocycles. The van der Waals surface area contributed by atoms with Crippen LogP contribution >= 0.6 is 0 Å². The van der Waals surface area contributed by atoms with Crippen LogP contribution in [0.4, 0.5) is 0 Å². The van der Waals surface area contributed by atoms with Gasteiger partial charge in [-0.1, -0.05) is 11.6 Å².